The van der Waals surface area contributed by atoms with Gasteiger partial charge >= 0.3 is 12.0 Å². The predicted molar refractivity (Wildman–Crippen MR) is 58.8 cm³/mol. The molecule has 0 radical (unpaired) electrons. The average Bonchev–Trinajstić information content (AvgIpc) is 2.89. The minimum Gasteiger partial charge on any atom is -0.467 e. The van der Waals surface area contributed by atoms with E-state index in [0.717, 1.165) is 5.56 Å². The number of ether oxygens (including phenoxy) is 2. The largest absolute Gasteiger partial charge is 0.467 e. The van der Waals surface area contributed by atoms with E-state index in [0.29, 0.717) is 12.5 Å². The number of hydrogen-bond donors (Lipinski definition) is 2. The van der Waals surface area contributed by atoms with Crippen molar-refractivity contribution in [1.82, 2.24) is 25.1 Å². The molecule has 0 aromatic carbocycles. The maximum Gasteiger partial charge on any atom is 0.324 e. The van der Waals surface area contributed by atoms with E-state index >= 15 is 0 Å². The number of anilines is 1. The summed E-state index contributed by atoms with van der Waals surface area (Å²) in [5.41, 5.74) is 0.989. The normalized spacial score (nSPS) is 10.0. The standard InChI is InChI=1S/C9H12N6O2/c1-16-8-13-7(14-9(15-8)17-2)10-3-6-4-11-12-5-6/h4-5H,3H2,1-2H3,(H,11,12)(H,10,13,14,15). The first kappa shape index (κ1) is 11.1. The molecule has 0 aliphatic heterocycles. The van der Waals surface area contributed by atoms with E-state index in [4.69, 9.17) is 9.47 Å². The number of hydrogen-bond acceptors (Lipinski definition) is 7. The van der Waals surface area contributed by atoms with Gasteiger partial charge in [0, 0.05) is 18.3 Å². The van der Waals surface area contributed by atoms with E-state index < -0.39 is 0 Å². The Morgan fingerprint density at radius 1 is 1.18 bits per heavy atom. The lowest BCUT2D eigenvalue weighted by atomic mass is 10.4. The van der Waals surface area contributed by atoms with E-state index in [1.807, 2.05) is 0 Å². The van der Waals surface area contributed by atoms with Crippen molar-refractivity contribution in [1.29, 1.82) is 0 Å². The summed E-state index contributed by atoms with van der Waals surface area (Å²) < 4.78 is 9.87. The van der Waals surface area contributed by atoms with Crippen LogP contribution in [0.1, 0.15) is 5.56 Å². The first-order valence-corrected chi connectivity index (χ1v) is 4.87. The van der Waals surface area contributed by atoms with Crippen molar-refractivity contribution in [2.45, 2.75) is 6.54 Å². The number of H-pyrrole nitrogens is 1. The van der Waals surface area contributed by atoms with E-state index in [-0.39, 0.29) is 12.0 Å². The van der Waals surface area contributed by atoms with Gasteiger partial charge in [-0.25, -0.2) is 0 Å². The van der Waals surface area contributed by atoms with Gasteiger partial charge in [0.1, 0.15) is 0 Å². The van der Waals surface area contributed by atoms with Crippen LogP contribution in [0.3, 0.4) is 0 Å². The highest BCUT2D eigenvalue weighted by Gasteiger charge is 2.06. The lowest BCUT2D eigenvalue weighted by molar-refractivity contribution is 0.341. The number of rotatable bonds is 5. The zero-order chi connectivity index (χ0) is 12.1. The van der Waals surface area contributed by atoms with Crippen molar-refractivity contribution in [2.75, 3.05) is 19.5 Å². The third-order valence-corrected chi connectivity index (χ3v) is 1.97. The van der Waals surface area contributed by atoms with Crippen LogP contribution in [0.25, 0.3) is 0 Å². The minimum atomic E-state index is 0.201. The molecule has 0 unspecified atom stereocenters. The average molecular weight is 236 g/mol. The van der Waals surface area contributed by atoms with Gasteiger partial charge < -0.3 is 14.8 Å². The van der Waals surface area contributed by atoms with Crippen molar-refractivity contribution in [3.8, 4) is 12.0 Å². The molecule has 0 spiro atoms. The van der Waals surface area contributed by atoms with Gasteiger partial charge in [-0.05, 0) is 0 Å². The van der Waals surface area contributed by atoms with Gasteiger partial charge in [-0.2, -0.15) is 15.1 Å². The molecule has 0 bridgehead atoms. The first-order valence-electron chi connectivity index (χ1n) is 4.87. The highest BCUT2D eigenvalue weighted by atomic mass is 16.5. The third kappa shape index (κ3) is 2.80. The molecule has 90 valence electrons. The third-order valence-electron chi connectivity index (χ3n) is 1.97. The molecule has 2 aromatic heterocycles. The van der Waals surface area contributed by atoms with E-state index in [2.05, 4.69) is 30.5 Å². The van der Waals surface area contributed by atoms with Crippen LogP contribution < -0.4 is 14.8 Å². The summed E-state index contributed by atoms with van der Waals surface area (Å²) in [6, 6.07) is 0.401. The van der Waals surface area contributed by atoms with Gasteiger partial charge in [0.15, 0.2) is 0 Å². The van der Waals surface area contributed by atoms with Crippen molar-refractivity contribution in [3.63, 3.8) is 0 Å². The SMILES string of the molecule is COc1nc(NCc2cn[nH]c2)nc(OC)n1. The fourth-order valence-corrected chi connectivity index (χ4v) is 1.16. The Hall–Kier alpha value is -2.38. The summed E-state index contributed by atoms with van der Waals surface area (Å²) in [5, 5.41) is 9.57. The van der Waals surface area contributed by atoms with Gasteiger partial charge in [0.25, 0.3) is 0 Å². The second-order valence-electron chi connectivity index (χ2n) is 3.09. The van der Waals surface area contributed by atoms with Gasteiger partial charge in [-0.3, -0.25) is 5.10 Å². The monoisotopic (exact) mass is 236 g/mol. The summed E-state index contributed by atoms with van der Waals surface area (Å²) in [6.07, 6.45) is 3.49. The molecule has 17 heavy (non-hydrogen) atoms. The predicted octanol–water partition coefficient (Wildman–Crippen LogP) is 0.224. The molecule has 0 amide bonds. The number of methoxy groups -OCH3 is 2. The summed E-state index contributed by atoms with van der Waals surface area (Å²) in [5.74, 6) is 0.384. The highest BCUT2D eigenvalue weighted by Crippen LogP contribution is 2.12. The maximum absolute atomic E-state index is 4.93. The molecular weight excluding hydrogens is 224 g/mol. The Morgan fingerprint density at radius 2 is 1.88 bits per heavy atom. The Morgan fingerprint density at radius 3 is 2.41 bits per heavy atom. The van der Waals surface area contributed by atoms with Crippen LogP contribution in [-0.2, 0) is 6.54 Å². The lowest BCUT2D eigenvalue weighted by Crippen LogP contribution is -2.06. The quantitative estimate of drug-likeness (QED) is 0.766. The Labute approximate surface area is 97.4 Å². The molecule has 0 fully saturated rings. The van der Waals surface area contributed by atoms with Gasteiger partial charge in [-0.1, -0.05) is 0 Å². The summed E-state index contributed by atoms with van der Waals surface area (Å²) in [4.78, 5) is 12.0. The lowest BCUT2D eigenvalue weighted by Gasteiger charge is -2.06. The topological polar surface area (TPSA) is 97.8 Å². The van der Waals surface area contributed by atoms with Crippen molar-refractivity contribution >= 4 is 5.95 Å². The van der Waals surface area contributed by atoms with Crippen LogP contribution >= 0.6 is 0 Å². The first-order chi connectivity index (χ1) is 8.31. The summed E-state index contributed by atoms with van der Waals surface area (Å²) in [7, 11) is 2.96. The number of aromatic nitrogens is 5. The molecule has 0 aliphatic rings. The molecular formula is C9H12N6O2. The molecule has 0 saturated carbocycles. The minimum absolute atomic E-state index is 0.201. The van der Waals surface area contributed by atoms with Crippen LogP contribution in [0.2, 0.25) is 0 Å². The van der Waals surface area contributed by atoms with E-state index in [9.17, 15) is 0 Å². The van der Waals surface area contributed by atoms with Crippen LogP contribution in [-0.4, -0.2) is 39.4 Å². The Bertz CT molecular complexity index is 450. The molecule has 8 heteroatoms. The fraction of sp³-hybridized carbons (Fsp3) is 0.333. The zero-order valence-corrected chi connectivity index (χ0v) is 9.47. The Kier molecular flexibility index (Phi) is 3.34. The summed E-state index contributed by atoms with van der Waals surface area (Å²) in [6.45, 7) is 0.548. The van der Waals surface area contributed by atoms with E-state index in [1.54, 1.807) is 12.4 Å². The van der Waals surface area contributed by atoms with Crippen LogP contribution in [0, 0.1) is 0 Å². The molecule has 2 aromatic rings. The molecule has 2 heterocycles. The number of nitrogens with zero attached hydrogens (tertiary/aromatic N) is 4. The van der Waals surface area contributed by atoms with Gasteiger partial charge in [0.05, 0.1) is 20.4 Å². The molecule has 8 nitrogen and oxygen atoms in total. The zero-order valence-electron chi connectivity index (χ0n) is 9.47. The van der Waals surface area contributed by atoms with Crippen LogP contribution in [0.4, 0.5) is 5.95 Å². The number of aromatic amines is 1. The van der Waals surface area contributed by atoms with Crippen molar-refractivity contribution < 1.29 is 9.47 Å². The molecule has 2 rings (SSSR count). The van der Waals surface area contributed by atoms with Gasteiger partial charge in [0.2, 0.25) is 5.95 Å². The second kappa shape index (κ2) is 5.10. The molecule has 2 N–H and O–H groups in total. The number of nitrogens with one attached hydrogen (secondary N) is 2. The van der Waals surface area contributed by atoms with Crippen molar-refractivity contribution in [3.05, 3.63) is 18.0 Å². The van der Waals surface area contributed by atoms with Crippen LogP contribution in [0.15, 0.2) is 12.4 Å². The smallest absolute Gasteiger partial charge is 0.324 e. The fourth-order valence-electron chi connectivity index (χ4n) is 1.16. The molecule has 0 atom stereocenters. The Balaban J connectivity index is 2.09. The van der Waals surface area contributed by atoms with E-state index in [1.165, 1.54) is 14.2 Å². The van der Waals surface area contributed by atoms with Crippen LogP contribution in [0.5, 0.6) is 12.0 Å². The molecule has 0 aliphatic carbocycles. The second-order valence-corrected chi connectivity index (χ2v) is 3.09. The molecule has 0 saturated heterocycles. The van der Waals surface area contributed by atoms with Gasteiger partial charge in [-0.15, -0.1) is 4.98 Å². The summed E-state index contributed by atoms with van der Waals surface area (Å²) >= 11 is 0. The van der Waals surface area contributed by atoms with Crippen molar-refractivity contribution in [2.24, 2.45) is 0 Å². The highest BCUT2D eigenvalue weighted by molar-refractivity contribution is 5.28. The maximum atomic E-state index is 4.93.